The fraction of sp³-hybridized carbons (Fsp3) is 0.154. The van der Waals surface area contributed by atoms with Crippen LogP contribution in [0.1, 0.15) is 22.2 Å². The summed E-state index contributed by atoms with van der Waals surface area (Å²) in [7, 11) is 0. The molecule has 4 heteroatoms. The van der Waals surface area contributed by atoms with Gasteiger partial charge in [-0.05, 0) is 40.6 Å². The number of hydrogen-bond donors (Lipinski definition) is 1. The van der Waals surface area contributed by atoms with Gasteiger partial charge in [0.05, 0.1) is 4.88 Å². The van der Waals surface area contributed by atoms with E-state index in [0.29, 0.717) is 16.9 Å². The SMILES string of the molecule is CCc1ccc(-c2csc(C(N)=O)c2)cc1F. The number of aryl methyl sites for hydroxylation is 1. The maximum Gasteiger partial charge on any atom is 0.258 e. The van der Waals surface area contributed by atoms with Gasteiger partial charge in [0.1, 0.15) is 5.82 Å². The van der Waals surface area contributed by atoms with Crippen molar-refractivity contribution in [2.75, 3.05) is 0 Å². The summed E-state index contributed by atoms with van der Waals surface area (Å²) in [4.78, 5) is 11.5. The van der Waals surface area contributed by atoms with Crippen LogP contribution in [0.2, 0.25) is 0 Å². The first-order valence-electron chi connectivity index (χ1n) is 5.29. The fourth-order valence-electron chi connectivity index (χ4n) is 1.63. The van der Waals surface area contributed by atoms with E-state index in [9.17, 15) is 9.18 Å². The Bertz CT molecular complexity index is 562. The van der Waals surface area contributed by atoms with Gasteiger partial charge in [-0.25, -0.2) is 4.39 Å². The van der Waals surface area contributed by atoms with Crippen LogP contribution in [0, 0.1) is 5.82 Å². The van der Waals surface area contributed by atoms with Gasteiger partial charge in [0.2, 0.25) is 0 Å². The van der Waals surface area contributed by atoms with Crippen molar-refractivity contribution in [1.29, 1.82) is 0 Å². The molecule has 2 rings (SSSR count). The molecule has 17 heavy (non-hydrogen) atoms. The molecule has 0 aliphatic carbocycles. The Balaban J connectivity index is 2.39. The number of halogens is 1. The summed E-state index contributed by atoms with van der Waals surface area (Å²) in [6, 6.07) is 6.81. The van der Waals surface area contributed by atoms with Gasteiger partial charge in [0, 0.05) is 0 Å². The predicted molar refractivity (Wildman–Crippen MR) is 67.6 cm³/mol. The van der Waals surface area contributed by atoms with Crippen LogP contribution in [-0.2, 0) is 6.42 Å². The molecule has 0 atom stereocenters. The second-order valence-electron chi connectivity index (χ2n) is 3.72. The normalized spacial score (nSPS) is 10.5. The minimum absolute atomic E-state index is 0.211. The number of hydrogen-bond acceptors (Lipinski definition) is 2. The highest BCUT2D eigenvalue weighted by molar-refractivity contribution is 7.12. The molecule has 0 radical (unpaired) electrons. The summed E-state index contributed by atoms with van der Waals surface area (Å²) < 4.78 is 13.6. The third-order valence-electron chi connectivity index (χ3n) is 2.61. The molecule has 0 aliphatic heterocycles. The van der Waals surface area contributed by atoms with Crippen molar-refractivity contribution in [2.24, 2.45) is 5.73 Å². The van der Waals surface area contributed by atoms with Gasteiger partial charge in [-0.15, -0.1) is 11.3 Å². The van der Waals surface area contributed by atoms with E-state index in [1.54, 1.807) is 17.5 Å². The molecule has 1 aromatic heterocycles. The summed E-state index contributed by atoms with van der Waals surface area (Å²) in [5.74, 6) is -0.663. The van der Waals surface area contributed by atoms with Gasteiger partial charge in [-0.3, -0.25) is 4.79 Å². The monoisotopic (exact) mass is 249 g/mol. The molecule has 1 amide bonds. The first-order chi connectivity index (χ1) is 8.11. The van der Waals surface area contributed by atoms with Crippen LogP contribution < -0.4 is 5.73 Å². The van der Waals surface area contributed by atoms with Gasteiger partial charge in [0.15, 0.2) is 0 Å². The van der Waals surface area contributed by atoms with E-state index in [-0.39, 0.29) is 5.82 Å². The molecule has 0 bridgehead atoms. The molecular formula is C13H12FNOS. The summed E-state index contributed by atoms with van der Waals surface area (Å²) >= 11 is 1.27. The number of benzene rings is 1. The van der Waals surface area contributed by atoms with Crippen molar-refractivity contribution in [3.63, 3.8) is 0 Å². The Labute approximate surface area is 103 Å². The summed E-state index contributed by atoms with van der Waals surface area (Å²) in [5, 5.41) is 1.81. The van der Waals surface area contributed by atoms with E-state index in [0.717, 1.165) is 11.1 Å². The van der Waals surface area contributed by atoms with Crippen molar-refractivity contribution < 1.29 is 9.18 Å². The van der Waals surface area contributed by atoms with Crippen molar-refractivity contribution in [2.45, 2.75) is 13.3 Å². The Morgan fingerprint density at radius 3 is 2.65 bits per heavy atom. The van der Waals surface area contributed by atoms with E-state index < -0.39 is 5.91 Å². The number of nitrogens with two attached hydrogens (primary N) is 1. The average molecular weight is 249 g/mol. The third-order valence-corrected chi connectivity index (χ3v) is 3.55. The lowest BCUT2D eigenvalue weighted by molar-refractivity contribution is 0.100. The number of rotatable bonds is 3. The highest BCUT2D eigenvalue weighted by Crippen LogP contribution is 2.27. The number of carbonyl (C=O) groups is 1. The molecule has 1 aromatic carbocycles. The lowest BCUT2D eigenvalue weighted by Crippen LogP contribution is -2.08. The van der Waals surface area contributed by atoms with Gasteiger partial charge in [0.25, 0.3) is 5.91 Å². The van der Waals surface area contributed by atoms with E-state index >= 15 is 0 Å². The topological polar surface area (TPSA) is 43.1 Å². The molecule has 0 fully saturated rings. The Kier molecular flexibility index (Phi) is 3.24. The Morgan fingerprint density at radius 2 is 2.12 bits per heavy atom. The molecule has 1 heterocycles. The fourth-order valence-corrected chi connectivity index (χ4v) is 2.40. The molecule has 0 unspecified atom stereocenters. The summed E-state index contributed by atoms with van der Waals surface area (Å²) in [5.41, 5.74) is 7.46. The lowest BCUT2D eigenvalue weighted by Gasteiger charge is -2.02. The van der Waals surface area contributed by atoms with Crippen LogP contribution in [0.25, 0.3) is 11.1 Å². The van der Waals surface area contributed by atoms with Crippen LogP contribution in [0.3, 0.4) is 0 Å². The van der Waals surface area contributed by atoms with Crippen LogP contribution in [-0.4, -0.2) is 5.91 Å². The zero-order chi connectivity index (χ0) is 12.4. The number of amides is 1. The number of carbonyl (C=O) groups excluding carboxylic acids is 1. The first kappa shape index (κ1) is 11.8. The summed E-state index contributed by atoms with van der Waals surface area (Å²) in [6.45, 7) is 1.91. The van der Waals surface area contributed by atoms with Gasteiger partial charge in [-0.1, -0.05) is 19.1 Å². The molecule has 0 saturated heterocycles. The maximum atomic E-state index is 13.6. The predicted octanol–water partition coefficient (Wildman–Crippen LogP) is 3.22. The quantitative estimate of drug-likeness (QED) is 0.891. The highest BCUT2D eigenvalue weighted by atomic mass is 32.1. The molecule has 2 N–H and O–H groups in total. The zero-order valence-electron chi connectivity index (χ0n) is 9.37. The first-order valence-corrected chi connectivity index (χ1v) is 6.17. The molecule has 0 aliphatic rings. The molecule has 0 spiro atoms. The standard InChI is InChI=1S/C13H12FNOS/c1-2-8-3-4-9(5-11(8)14)10-6-12(13(15)16)17-7-10/h3-7H,2H2,1H3,(H2,15,16). The van der Waals surface area contributed by atoms with E-state index in [1.165, 1.54) is 17.4 Å². The molecular weight excluding hydrogens is 237 g/mol. The van der Waals surface area contributed by atoms with Gasteiger partial charge in [-0.2, -0.15) is 0 Å². The largest absolute Gasteiger partial charge is 0.365 e. The smallest absolute Gasteiger partial charge is 0.258 e. The Morgan fingerprint density at radius 1 is 1.35 bits per heavy atom. The van der Waals surface area contributed by atoms with E-state index in [2.05, 4.69) is 0 Å². The second kappa shape index (κ2) is 4.67. The van der Waals surface area contributed by atoms with Crippen molar-refractivity contribution in [1.82, 2.24) is 0 Å². The third kappa shape index (κ3) is 2.36. The number of thiophene rings is 1. The number of primary amides is 1. The summed E-state index contributed by atoms with van der Waals surface area (Å²) in [6.07, 6.45) is 0.669. The molecule has 0 saturated carbocycles. The van der Waals surface area contributed by atoms with E-state index in [1.807, 2.05) is 13.0 Å². The average Bonchev–Trinajstić information content (AvgIpc) is 2.78. The lowest BCUT2D eigenvalue weighted by atomic mass is 10.0. The minimum atomic E-state index is -0.452. The second-order valence-corrected chi connectivity index (χ2v) is 4.63. The van der Waals surface area contributed by atoms with Crippen LogP contribution in [0.5, 0.6) is 0 Å². The Hall–Kier alpha value is -1.68. The molecule has 2 aromatic rings. The van der Waals surface area contributed by atoms with Crippen LogP contribution in [0.15, 0.2) is 29.6 Å². The van der Waals surface area contributed by atoms with E-state index in [4.69, 9.17) is 5.73 Å². The minimum Gasteiger partial charge on any atom is -0.365 e. The van der Waals surface area contributed by atoms with Crippen molar-refractivity contribution in [3.8, 4) is 11.1 Å². The van der Waals surface area contributed by atoms with Gasteiger partial charge < -0.3 is 5.73 Å². The van der Waals surface area contributed by atoms with Gasteiger partial charge >= 0.3 is 0 Å². The maximum absolute atomic E-state index is 13.6. The zero-order valence-corrected chi connectivity index (χ0v) is 10.2. The molecule has 2 nitrogen and oxygen atoms in total. The van der Waals surface area contributed by atoms with Crippen LogP contribution in [0.4, 0.5) is 4.39 Å². The van der Waals surface area contributed by atoms with Crippen molar-refractivity contribution >= 4 is 17.2 Å². The highest BCUT2D eigenvalue weighted by Gasteiger charge is 2.08. The molecule has 88 valence electrons. The van der Waals surface area contributed by atoms with Crippen LogP contribution >= 0.6 is 11.3 Å². The van der Waals surface area contributed by atoms with Crippen molar-refractivity contribution in [3.05, 3.63) is 45.9 Å².